The number of amides is 4. The lowest BCUT2D eigenvalue weighted by Crippen LogP contribution is -2.46. The summed E-state index contributed by atoms with van der Waals surface area (Å²) >= 11 is 5.99. The minimum atomic E-state index is -0.718. The molecule has 46 heavy (non-hydrogen) atoms. The van der Waals surface area contributed by atoms with Crippen LogP contribution in [0.4, 0.5) is 10.5 Å². The topological polar surface area (TPSA) is 104 Å². The van der Waals surface area contributed by atoms with E-state index in [1.54, 1.807) is 17.0 Å². The van der Waals surface area contributed by atoms with Gasteiger partial charge in [-0.25, -0.2) is 4.79 Å². The number of hydrogen-bond acceptors (Lipinski definition) is 5. The number of rotatable bonds is 6. The molecular formula is C36H29ClN4O5. The van der Waals surface area contributed by atoms with Crippen molar-refractivity contribution in [3.05, 3.63) is 113 Å². The van der Waals surface area contributed by atoms with Crippen molar-refractivity contribution < 1.29 is 23.9 Å². The van der Waals surface area contributed by atoms with Gasteiger partial charge in [0.05, 0.1) is 6.54 Å². The summed E-state index contributed by atoms with van der Waals surface area (Å²) in [7, 11) is 0. The standard InChI is InChI=1S/C36H29ClN4O5/c37-24-11-8-21(9-12-24)19-41-34(42)29(39-36(41)44)17-23-18-38-28-13-10-22(16-27(23)28)25-4-3-5-30-26(25)14-15-40(30)35(43)33-20-45-31-6-1-2-7-32(31)46-33/h1-13,16,18,29,33,38H,14-15,17,19-20H2,(H,39,44). The maximum atomic E-state index is 13.6. The summed E-state index contributed by atoms with van der Waals surface area (Å²) in [6, 6.07) is 25.6. The van der Waals surface area contributed by atoms with Crippen LogP contribution >= 0.6 is 11.6 Å². The number of aromatic amines is 1. The van der Waals surface area contributed by atoms with Crippen LogP contribution in [0.15, 0.2) is 91.1 Å². The number of hydrogen-bond donors (Lipinski definition) is 2. The molecule has 4 heterocycles. The number of fused-ring (bicyclic) bond motifs is 3. The number of ether oxygens (including phenoxy) is 2. The molecular weight excluding hydrogens is 604 g/mol. The van der Waals surface area contributed by atoms with E-state index in [1.807, 2.05) is 60.8 Å². The molecule has 2 N–H and O–H groups in total. The highest BCUT2D eigenvalue weighted by atomic mass is 35.5. The number of nitrogens with zero attached hydrogens (tertiary/aromatic N) is 2. The van der Waals surface area contributed by atoms with Crippen molar-refractivity contribution in [3.63, 3.8) is 0 Å². The Balaban J connectivity index is 1.02. The number of halogens is 1. The average molecular weight is 633 g/mol. The first kappa shape index (κ1) is 28.2. The summed E-state index contributed by atoms with van der Waals surface area (Å²) in [4.78, 5) is 46.0. The van der Waals surface area contributed by atoms with E-state index in [9.17, 15) is 14.4 Å². The fraction of sp³-hybridized carbons (Fsp3) is 0.194. The number of para-hydroxylation sites is 2. The van der Waals surface area contributed by atoms with Crippen molar-refractivity contribution >= 4 is 46.0 Å². The zero-order valence-corrected chi connectivity index (χ0v) is 25.4. The number of carbonyl (C=O) groups excluding carboxylic acids is 3. The molecule has 0 bridgehead atoms. The number of urea groups is 1. The highest BCUT2D eigenvalue weighted by molar-refractivity contribution is 6.30. The van der Waals surface area contributed by atoms with Gasteiger partial charge in [-0.3, -0.25) is 14.5 Å². The van der Waals surface area contributed by atoms with E-state index in [0.717, 1.165) is 44.4 Å². The molecule has 4 amide bonds. The Morgan fingerprint density at radius 1 is 0.957 bits per heavy atom. The minimum absolute atomic E-state index is 0.123. The van der Waals surface area contributed by atoms with E-state index < -0.39 is 18.2 Å². The van der Waals surface area contributed by atoms with E-state index in [0.29, 0.717) is 35.9 Å². The number of benzene rings is 4. The molecule has 8 rings (SSSR count). The van der Waals surface area contributed by atoms with Crippen molar-refractivity contribution in [1.29, 1.82) is 0 Å². The van der Waals surface area contributed by atoms with E-state index in [1.165, 1.54) is 4.90 Å². The van der Waals surface area contributed by atoms with Gasteiger partial charge in [0.25, 0.3) is 11.8 Å². The molecule has 3 aliphatic heterocycles. The van der Waals surface area contributed by atoms with Crippen LogP contribution in [0.5, 0.6) is 11.5 Å². The average Bonchev–Trinajstić information content (AvgIpc) is 3.77. The minimum Gasteiger partial charge on any atom is -0.485 e. The zero-order valence-electron chi connectivity index (χ0n) is 24.7. The van der Waals surface area contributed by atoms with Gasteiger partial charge in [0.15, 0.2) is 11.5 Å². The molecule has 10 heteroatoms. The number of anilines is 1. The van der Waals surface area contributed by atoms with Crippen molar-refractivity contribution in [2.75, 3.05) is 18.1 Å². The van der Waals surface area contributed by atoms with Gasteiger partial charge in [0.1, 0.15) is 12.6 Å². The molecule has 5 aromatic rings. The summed E-state index contributed by atoms with van der Waals surface area (Å²) in [6.45, 7) is 0.902. The van der Waals surface area contributed by atoms with E-state index in [-0.39, 0.29) is 25.0 Å². The van der Waals surface area contributed by atoms with Gasteiger partial charge in [-0.15, -0.1) is 0 Å². The van der Waals surface area contributed by atoms with E-state index in [2.05, 4.69) is 28.5 Å². The fourth-order valence-electron chi connectivity index (χ4n) is 6.62. The van der Waals surface area contributed by atoms with Crippen molar-refractivity contribution in [2.24, 2.45) is 0 Å². The molecule has 1 fully saturated rings. The third kappa shape index (κ3) is 4.93. The monoisotopic (exact) mass is 632 g/mol. The number of nitrogens with one attached hydrogen (secondary N) is 2. The van der Waals surface area contributed by atoms with Crippen LogP contribution in [0.3, 0.4) is 0 Å². The van der Waals surface area contributed by atoms with Crippen molar-refractivity contribution in [1.82, 2.24) is 15.2 Å². The number of imide groups is 1. The molecule has 4 aromatic carbocycles. The summed E-state index contributed by atoms with van der Waals surface area (Å²) in [5.74, 6) is 0.836. The molecule has 9 nitrogen and oxygen atoms in total. The van der Waals surface area contributed by atoms with Crippen LogP contribution in [-0.2, 0) is 29.0 Å². The molecule has 2 atom stereocenters. The molecule has 2 unspecified atom stereocenters. The van der Waals surface area contributed by atoms with E-state index in [4.69, 9.17) is 21.1 Å². The van der Waals surface area contributed by atoms with Gasteiger partial charge < -0.3 is 24.7 Å². The maximum Gasteiger partial charge on any atom is 0.325 e. The van der Waals surface area contributed by atoms with Gasteiger partial charge in [-0.05, 0) is 76.7 Å². The van der Waals surface area contributed by atoms with Crippen LogP contribution in [0.25, 0.3) is 22.0 Å². The SMILES string of the molecule is O=C1NC(Cc2c[nH]c3ccc(-c4cccc5c4CCN5C(=O)C4COc5ccccc5O4)cc23)C(=O)N1Cc1ccc(Cl)cc1. The van der Waals surface area contributed by atoms with Gasteiger partial charge in [0.2, 0.25) is 6.10 Å². The third-order valence-corrected chi connectivity index (χ3v) is 9.19. The summed E-state index contributed by atoms with van der Waals surface area (Å²) in [5.41, 5.74) is 6.73. The number of aromatic nitrogens is 1. The molecule has 1 aromatic heterocycles. The Hall–Kier alpha value is -5.28. The van der Waals surface area contributed by atoms with Gasteiger partial charge in [-0.1, -0.05) is 54.1 Å². The van der Waals surface area contributed by atoms with Gasteiger partial charge >= 0.3 is 6.03 Å². The second-order valence-corrected chi connectivity index (χ2v) is 12.2. The second-order valence-electron chi connectivity index (χ2n) is 11.7. The van der Waals surface area contributed by atoms with Crippen LogP contribution in [0, 0.1) is 0 Å². The molecule has 0 saturated carbocycles. The third-order valence-electron chi connectivity index (χ3n) is 8.94. The fourth-order valence-corrected chi connectivity index (χ4v) is 6.75. The van der Waals surface area contributed by atoms with Crippen LogP contribution in [0.1, 0.15) is 16.7 Å². The van der Waals surface area contributed by atoms with Crippen molar-refractivity contribution in [3.8, 4) is 22.6 Å². The Labute approximate surface area is 269 Å². The molecule has 3 aliphatic rings. The number of carbonyl (C=O) groups is 3. The van der Waals surface area contributed by atoms with Crippen molar-refractivity contribution in [2.45, 2.75) is 31.5 Å². The Kier molecular flexibility index (Phi) is 6.91. The lowest BCUT2D eigenvalue weighted by Gasteiger charge is -2.29. The summed E-state index contributed by atoms with van der Waals surface area (Å²) in [5, 5.41) is 4.43. The first-order valence-electron chi connectivity index (χ1n) is 15.2. The molecule has 0 aliphatic carbocycles. The molecule has 230 valence electrons. The Bertz CT molecular complexity index is 2020. The maximum absolute atomic E-state index is 13.6. The first-order chi connectivity index (χ1) is 22.4. The second kappa shape index (κ2) is 11.3. The first-order valence-corrected chi connectivity index (χ1v) is 15.6. The highest BCUT2D eigenvalue weighted by Gasteiger charge is 2.38. The van der Waals surface area contributed by atoms with Gasteiger partial charge in [-0.2, -0.15) is 0 Å². The van der Waals surface area contributed by atoms with Crippen LogP contribution < -0.4 is 19.7 Å². The Morgan fingerprint density at radius 3 is 2.63 bits per heavy atom. The largest absolute Gasteiger partial charge is 0.485 e. The van der Waals surface area contributed by atoms with E-state index >= 15 is 0 Å². The lowest BCUT2D eigenvalue weighted by molar-refractivity contribution is -0.128. The quantitative estimate of drug-likeness (QED) is 0.228. The Morgan fingerprint density at radius 2 is 1.78 bits per heavy atom. The predicted octanol–water partition coefficient (Wildman–Crippen LogP) is 5.88. The molecule has 0 spiro atoms. The molecule has 0 radical (unpaired) electrons. The normalized spacial score (nSPS) is 18.6. The highest BCUT2D eigenvalue weighted by Crippen LogP contribution is 2.39. The van der Waals surface area contributed by atoms with Crippen LogP contribution in [-0.4, -0.2) is 53.0 Å². The predicted molar refractivity (Wildman–Crippen MR) is 174 cm³/mol. The zero-order chi connectivity index (χ0) is 31.4. The van der Waals surface area contributed by atoms with Crippen LogP contribution in [0.2, 0.25) is 5.02 Å². The van der Waals surface area contributed by atoms with Gasteiger partial charge in [0, 0.05) is 40.8 Å². The molecule has 1 saturated heterocycles. The lowest BCUT2D eigenvalue weighted by atomic mass is 9.95. The summed E-state index contributed by atoms with van der Waals surface area (Å²) in [6.07, 6.45) is 2.25. The summed E-state index contributed by atoms with van der Waals surface area (Å²) < 4.78 is 11.8. The smallest absolute Gasteiger partial charge is 0.325 e. The number of H-pyrrole nitrogens is 1.